The van der Waals surface area contributed by atoms with Gasteiger partial charge >= 0.3 is 0 Å². The van der Waals surface area contributed by atoms with Crippen LogP contribution in [0.3, 0.4) is 0 Å². The van der Waals surface area contributed by atoms with Gasteiger partial charge in [0, 0.05) is 37.1 Å². The zero-order chi connectivity index (χ0) is 15.9. The number of aliphatic imine (C=N–C) groups is 1. The number of ether oxygens (including phenoxy) is 1. The first-order valence-electron chi connectivity index (χ1n) is 8.23. The molecule has 6 heteroatoms. The summed E-state index contributed by atoms with van der Waals surface area (Å²) in [7, 11) is 0. The number of rotatable bonds is 8. The summed E-state index contributed by atoms with van der Waals surface area (Å²) in [5, 5.41) is 6.75. The molecule has 0 aliphatic carbocycles. The number of halogens is 1. The first-order chi connectivity index (χ1) is 9.88. The predicted octanol–water partition coefficient (Wildman–Crippen LogP) is 2.31. The van der Waals surface area contributed by atoms with Crippen LogP contribution in [-0.2, 0) is 4.74 Å². The highest BCUT2D eigenvalue weighted by molar-refractivity contribution is 14.0. The fourth-order valence-electron chi connectivity index (χ4n) is 2.57. The average Bonchev–Trinajstić information content (AvgIpc) is 2.37. The van der Waals surface area contributed by atoms with Gasteiger partial charge in [0.15, 0.2) is 5.96 Å². The van der Waals surface area contributed by atoms with Gasteiger partial charge in [-0.2, -0.15) is 0 Å². The molecular weight excluding hydrogens is 391 g/mol. The van der Waals surface area contributed by atoms with Crippen LogP contribution < -0.4 is 10.6 Å². The Morgan fingerprint density at radius 2 is 1.77 bits per heavy atom. The molecule has 1 aliphatic heterocycles. The van der Waals surface area contributed by atoms with E-state index in [-0.39, 0.29) is 29.4 Å². The van der Waals surface area contributed by atoms with Crippen LogP contribution in [0.4, 0.5) is 0 Å². The van der Waals surface area contributed by atoms with Crippen LogP contribution in [0.5, 0.6) is 0 Å². The van der Waals surface area contributed by atoms with Crippen LogP contribution in [0.1, 0.15) is 41.5 Å². The van der Waals surface area contributed by atoms with E-state index in [1.807, 2.05) is 0 Å². The predicted molar refractivity (Wildman–Crippen MR) is 105 cm³/mol. The first kappa shape index (κ1) is 21.9. The van der Waals surface area contributed by atoms with Crippen molar-refractivity contribution >= 4 is 29.9 Å². The van der Waals surface area contributed by atoms with Crippen LogP contribution in [0.15, 0.2) is 4.99 Å². The third kappa shape index (κ3) is 7.46. The summed E-state index contributed by atoms with van der Waals surface area (Å²) in [5.41, 5.74) is 0.226. The van der Waals surface area contributed by atoms with E-state index < -0.39 is 0 Å². The van der Waals surface area contributed by atoms with E-state index in [0.717, 1.165) is 45.4 Å². The van der Waals surface area contributed by atoms with Gasteiger partial charge in [-0.15, -0.1) is 24.0 Å². The summed E-state index contributed by atoms with van der Waals surface area (Å²) >= 11 is 0. The fourth-order valence-corrected chi connectivity index (χ4v) is 2.57. The molecule has 1 heterocycles. The van der Waals surface area contributed by atoms with Crippen LogP contribution in [0.25, 0.3) is 0 Å². The van der Waals surface area contributed by atoms with Gasteiger partial charge in [0.25, 0.3) is 0 Å². The molecule has 0 amide bonds. The maximum atomic E-state index is 5.28. The number of guanidine groups is 1. The Morgan fingerprint density at radius 3 is 2.18 bits per heavy atom. The van der Waals surface area contributed by atoms with Crippen LogP contribution in [-0.4, -0.2) is 62.3 Å². The molecule has 0 bridgehead atoms. The molecule has 2 N–H and O–H groups in total. The molecule has 132 valence electrons. The van der Waals surface area contributed by atoms with E-state index in [1.165, 1.54) is 0 Å². The second-order valence-corrected chi connectivity index (χ2v) is 6.85. The highest BCUT2D eigenvalue weighted by Gasteiger charge is 2.33. The second kappa shape index (κ2) is 10.6. The lowest BCUT2D eigenvalue weighted by atomic mass is 9.89. The highest BCUT2D eigenvalue weighted by atomic mass is 127. The van der Waals surface area contributed by atoms with E-state index in [1.54, 1.807) is 0 Å². The summed E-state index contributed by atoms with van der Waals surface area (Å²) in [4.78, 5) is 7.17. The Balaban J connectivity index is 0.00000441. The zero-order valence-electron chi connectivity index (χ0n) is 15.1. The molecule has 0 aromatic carbocycles. The molecule has 5 nitrogen and oxygen atoms in total. The number of hydrogen-bond acceptors (Lipinski definition) is 3. The SMILES string of the molecule is CCNC(=NCC1(C)COC1)NCCN(C(C)C)C(C)C.I. The number of hydrogen-bond donors (Lipinski definition) is 2. The second-order valence-electron chi connectivity index (χ2n) is 6.85. The fraction of sp³-hybridized carbons (Fsp3) is 0.938. The van der Waals surface area contributed by atoms with Crippen molar-refractivity contribution in [3.63, 3.8) is 0 Å². The Hall–Kier alpha value is -0.0800. The molecule has 0 unspecified atom stereocenters. The number of nitrogens with zero attached hydrogens (tertiary/aromatic N) is 2. The topological polar surface area (TPSA) is 48.9 Å². The van der Waals surface area contributed by atoms with Crippen molar-refractivity contribution in [2.75, 3.05) is 39.4 Å². The lowest BCUT2D eigenvalue weighted by molar-refractivity contribution is -0.0945. The van der Waals surface area contributed by atoms with Crippen LogP contribution >= 0.6 is 24.0 Å². The minimum atomic E-state index is 0. The summed E-state index contributed by atoms with van der Waals surface area (Å²) in [6.45, 7) is 18.6. The molecule has 0 spiro atoms. The summed E-state index contributed by atoms with van der Waals surface area (Å²) in [6.07, 6.45) is 0. The molecule has 0 aromatic rings. The van der Waals surface area contributed by atoms with Crippen molar-refractivity contribution in [1.82, 2.24) is 15.5 Å². The number of nitrogens with one attached hydrogen (secondary N) is 2. The lowest BCUT2D eigenvalue weighted by Gasteiger charge is -2.36. The van der Waals surface area contributed by atoms with Crippen LogP contribution in [0.2, 0.25) is 0 Å². The quantitative estimate of drug-likeness (QED) is 0.355. The molecule has 0 atom stereocenters. The Morgan fingerprint density at radius 1 is 1.18 bits per heavy atom. The van der Waals surface area contributed by atoms with Crippen molar-refractivity contribution in [2.45, 2.75) is 53.6 Å². The average molecular weight is 426 g/mol. The summed E-state index contributed by atoms with van der Waals surface area (Å²) < 4.78 is 5.28. The molecule has 1 fully saturated rings. The van der Waals surface area contributed by atoms with Crippen molar-refractivity contribution in [3.05, 3.63) is 0 Å². The van der Waals surface area contributed by atoms with Gasteiger partial charge < -0.3 is 15.4 Å². The Labute approximate surface area is 153 Å². The van der Waals surface area contributed by atoms with Crippen molar-refractivity contribution in [3.8, 4) is 0 Å². The Bertz CT molecular complexity index is 322. The van der Waals surface area contributed by atoms with Crippen molar-refractivity contribution in [1.29, 1.82) is 0 Å². The van der Waals surface area contributed by atoms with Gasteiger partial charge in [-0.1, -0.05) is 6.92 Å². The van der Waals surface area contributed by atoms with E-state index in [9.17, 15) is 0 Å². The summed E-state index contributed by atoms with van der Waals surface area (Å²) in [6, 6.07) is 1.13. The van der Waals surface area contributed by atoms with Gasteiger partial charge in [-0.05, 0) is 34.6 Å². The van der Waals surface area contributed by atoms with E-state index in [0.29, 0.717) is 12.1 Å². The molecular formula is C16H35IN4O. The monoisotopic (exact) mass is 426 g/mol. The van der Waals surface area contributed by atoms with Crippen molar-refractivity contribution in [2.24, 2.45) is 10.4 Å². The van der Waals surface area contributed by atoms with Crippen molar-refractivity contribution < 1.29 is 4.74 Å². The highest BCUT2D eigenvalue weighted by Crippen LogP contribution is 2.26. The minimum Gasteiger partial charge on any atom is -0.380 e. The van der Waals surface area contributed by atoms with E-state index in [4.69, 9.17) is 4.74 Å². The largest absolute Gasteiger partial charge is 0.380 e. The smallest absolute Gasteiger partial charge is 0.191 e. The molecule has 22 heavy (non-hydrogen) atoms. The van der Waals surface area contributed by atoms with E-state index in [2.05, 4.69) is 62.1 Å². The van der Waals surface area contributed by atoms with Gasteiger partial charge in [0.05, 0.1) is 19.8 Å². The molecule has 0 radical (unpaired) electrons. The first-order valence-corrected chi connectivity index (χ1v) is 8.23. The third-order valence-corrected chi connectivity index (χ3v) is 3.85. The Kier molecular flexibility index (Phi) is 10.6. The normalized spacial score (nSPS) is 17.4. The van der Waals surface area contributed by atoms with E-state index >= 15 is 0 Å². The molecule has 1 rings (SSSR count). The van der Waals surface area contributed by atoms with Gasteiger partial charge in [-0.3, -0.25) is 9.89 Å². The lowest BCUT2D eigenvalue weighted by Crippen LogP contribution is -2.47. The molecule has 1 aliphatic rings. The van der Waals surface area contributed by atoms with Gasteiger partial charge in [0.2, 0.25) is 0 Å². The zero-order valence-corrected chi connectivity index (χ0v) is 17.4. The molecule has 0 aromatic heterocycles. The molecule has 0 saturated carbocycles. The van der Waals surface area contributed by atoms with Crippen LogP contribution in [0, 0.1) is 5.41 Å². The maximum absolute atomic E-state index is 5.28. The standard InChI is InChI=1S/C16H34N4O.HI/c1-7-17-15(19-10-16(6)11-21-12-16)18-8-9-20(13(2)3)14(4)5;/h13-14H,7-12H2,1-6H3,(H2,17,18,19);1H. The summed E-state index contributed by atoms with van der Waals surface area (Å²) in [5.74, 6) is 0.915. The van der Waals surface area contributed by atoms with Gasteiger partial charge in [0.1, 0.15) is 0 Å². The van der Waals surface area contributed by atoms with Gasteiger partial charge in [-0.25, -0.2) is 0 Å². The minimum absolute atomic E-state index is 0. The third-order valence-electron chi connectivity index (χ3n) is 3.85. The molecule has 1 saturated heterocycles. The maximum Gasteiger partial charge on any atom is 0.191 e.